The van der Waals surface area contributed by atoms with E-state index < -0.39 is 11.6 Å². The molecule has 5 heteroatoms. The number of aliphatic hydroxyl groups excluding tert-OH is 1. The second-order valence-electron chi connectivity index (χ2n) is 8.89. The number of hydrogen-bond donors (Lipinski definition) is 2. The molecule has 144 valence electrons. The number of nitrogens with zero attached hydrogens (tertiary/aromatic N) is 1. The van der Waals surface area contributed by atoms with Gasteiger partial charge in [-0.1, -0.05) is 32.9 Å². The Morgan fingerprint density at radius 1 is 1.31 bits per heavy atom. The molecule has 0 aromatic heterocycles. The summed E-state index contributed by atoms with van der Waals surface area (Å²) in [7, 11) is 1.65. The Morgan fingerprint density at radius 3 is 2.46 bits per heavy atom. The second-order valence-corrected chi connectivity index (χ2v) is 8.89. The minimum atomic E-state index is -0.825. The van der Waals surface area contributed by atoms with Crippen molar-refractivity contribution < 1.29 is 19.7 Å². The molecule has 0 spiro atoms. The first kappa shape index (κ1) is 19.0. The molecule has 26 heavy (non-hydrogen) atoms. The average molecular weight is 361 g/mol. The molecule has 2 heterocycles. The zero-order valence-corrected chi connectivity index (χ0v) is 16.2. The van der Waals surface area contributed by atoms with Crippen LogP contribution < -0.4 is 4.74 Å². The molecule has 4 unspecified atom stereocenters. The second kappa shape index (κ2) is 6.76. The maximum Gasteiger partial charge on any atom is 0.408 e. The minimum absolute atomic E-state index is 0.00961. The van der Waals surface area contributed by atoms with Gasteiger partial charge in [-0.2, -0.15) is 0 Å². The van der Waals surface area contributed by atoms with Crippen molar-refractivity contribution in [2.24, 2.45) is 11.3 Å². The topological polar surface area (TPSA) is 70.0 Å². The molecule has 1 aromatic carbocycles. The van der Waals surface area contributed by atoms with Gasteiger partial charge in [0.15, 0.2) is 0 Å². The van der Waals surface area contributed by atoms with E-state index in [4.69, 9.17) is 4.74 Å². The van der Waals surface area contributed by atoms with Crippen LogP contribution >= 0.6 is 0 Å². The number of hydrogen-bond acceptors (Lipinski definition) is 3. The first-order valence-corrected chi connectivity index (χ1v) is 9.50. The van der Waals surface area contributed by atoms with Crippen LogP contribution in [0.2, 0.25) is 0 Å². The SMILES string of the molecule is COc1ccc(C2CC3CCC(C(C)(C)C)(CC2CO)N3C(=O)O)cc1. The lowest BCUT2D eigenvalue weighted by atomic mass is 9.65. The molecule has 0 saturated carbocycles. The molecule has 0 aliphatic carbocycles. The minimum Gasteiger partial charge on any atom is -0.497 e. The molecule has 0 radical (unpaired) electrons. The predicted molar refractivity (Wildman–Crippen MR) is 101 cm³/mol. The van der Waals surface area contributed by atoms with Crippen molar-refractivity contribution in [3.63, 3.8) is 0 Å². The van der Waals surface area contributed by atoms with Crippen LogP contribution in [0.3, 0.4) is 0 Å². The summed E-state index contributed by atoms with van der Waals surface area (Å²) in [6.45, 7) is 6.48. The summed E-state index contributed by atoms with van der Waals surface area (Å²) in [5.74, 6) is 1.01. The molecule has 5 nitrogen and oxygen atoms in total. The summed E-state index contributed by atoms with van der Waals surface area (Å²) in [5.41, 5.74) is 0.562. The third kappa shape index (κ3) is 2.96. The van der Waals surface area contributed by atoms with Gasteiger partial charge in [0.1, 0.15) is 5.75 Å². The highest BCUT2D eigenvalue weighted by Crippen LogP contribution is 2.56. The molecule has 2 aliphatic rings. The number of ether oxygens (including phenoxy) is 1. The molecule has 2 saturated heterocycles. The Kier molecular flexibility index (Phi) is 4.95. The predicted octanol–water partition coefficient (Wildman–Crippen LogP) is 4.11. The van der Waals surface area contributed by atoms with Crippen LogP contribution in [0.5, 0.6) is 5.75 Å². The van der Waals surface area contributed by atoms with Gasteiger partial charge >= 0.3 is 6.09 Å². The molecule has 2 aliphatic heterocycles. The fourth-order valence-electron chi connectivity index (χ4n) is 5.32. The summed E-state index contributed by atoms with van der Waals surface area (Å²) in [6, 6.07) is 8.01. The fourth-order valence-corrected chi connectivity index (χ4v) is 5.32. The summed E-state index contributed by atoms with van der Waals surface area (Å²) in [5, 5.41) is 20.2. The Labute approximate surface area is 156 Å². The number of carboxylic acid groups (broad SMARTS) is 1. The van der Waals surface area contributed by atoms with Crippen molar-refractivity contribution >= 4 is 6.09 Å². The number of methoxy groups -OCH3 is 1. The fraction of sp³-hybridized carbons (Fsp3) is 0.667. The molecule has 2 fully saturated rings. The van der Waals surface area contributed by atoms with Crippen molar-refractivity contribution in [3.05, 3.63) is 29.8 Å². The first-order chi connectivity index (χ1) is 12.2. The Balaban J connectivity index is 2.02. The summed E-state index contributed by atoms with van der Waals surface area (Å²) < 4.78 is 5.26. The number of carbonyl (C=O) groups is 1. The molecule has 2 N–H and O–H groups in total. The van der Waals surface area contributed by atoms with Crippen molar-refractivity contribution in [1.82, 2.24) is 4.90 Å². The van der Waals surface area contributed by atoms with E-state index in [1.54, 1.807) is 12.0 Å². The Morgan fingerprint density at radius 2 is 1.96 bits per heavy atom. The van der Waals surface area contributed by atoms with Crippen molar-refractivity contribution in [1.29, 1.82) is 0 Å². The number of rotatable bonds is 3. The van der Waals surface area contributed by atoms with Crippen LogP contribution in [-0.2, 0) is 0 Å². The maximum atomic E-state index is 12.2. The van der Waals surface area contributed by atoms with E-state index in [1.165, 1.54) is 0 Å². The molecule has 1 aromatic rings. The maximum absolute atomic E-state index is 12.2. The van der Waals surface area contributed by atoms with E-state index >= 15 is 0 Å². The van der Waals surface area contributed by atoms with Crippen LogP contribution in [0.1, 0.15) is 57.9 Å². The summed E-state index contributed by atoms with van der Waals surface area (Å²) in [4.78, 5) is 13.9. The Bertz CT molecular complexity index is 651. The summed E-state index contributed by atoms with van der Waals surface area (Å²) >= 11 is 0. The molecule has 1 amide bonds. The monoisotopic (exact) mass is 361 g/mol. The van der Waals surface area contributed by atoms with Crippen LogP contribution in [0, 0.1) is 11.3 Å². The van der Waals surface area contributed by atoms with Crippen molar-refractivity contribution in [2.75, 3.05) is 13.7 Å². The lowest BCUT2D eigenvalue weighted by molar-refractivity contribution is 0.00223. The van der Waals surface area contributed by atoms with Gasteiger partial charge in [-0.05, 0) is 60.6 Å². The van der Waals surface area contributed by atoms with E-state index in [0.29, 0.717) is 6.42 Å². The number of fused-ring (bicyclic) bond motifs is 2. The molecular weight excluding hydrogens is 330 g/mol. The average Bonchev–Trinajstić information content (AvgIpc) is 2.88. The molecule has 2 bridgehead atoms. The van der Waals surface area contributed by atoms with Gasteiger partial charge < -0.3 is 14.9 Å². The number of amides is 1. The Hall–Kier alpha value is -1.75. The zero-order valence-electron chi connectivity index (χ0n) is 16.2. The van der Waals surface area contributed by atoms with Crippen LogP contribution in [0.15, 0.2) is 24.3 Å². The van der Waals surface area contributed by atoms with E-state index in [-0.39, 0.29) is 29.9 Å². The van der Waals surface area contributed by atoms with Gasteiger partial charge in [-0.15, -0.1) is 0 Å². The van der Waals surface area contributed by atoms with Gasteiger partial charge in [-0.25, -0.2) is 4.79 Å². The lowest BCUT2D eigenvalue weighted by Gasteiger charge is -2.49. The summed E-state index contributed by atoms with van der Waals surface area (Å²) in [6.07, 6.45) is 2.41. The number of aliphatic hydroxyl groups is 1. The van der Waals surface area contributed by atoms with Crippen LogP contribution in [0.25, 0.3) is 0 Å². The normalized spacial score (nSPS) is 31.6. The third-order valence-corrected chi connectivity index (χ3v) is 6.79. The van der Waals surface area contributed by atoms with Gasteiger partial charge in [0.2, 0.25) is 0 Å². The smallest absolute Gasteiger partial charge is 0.408 e. The van der Waals surface area contributed by atoms with Crippen molar-refractivity contribution in [2.45, 2.75) is 64.0 Å². The zero-order chi connectivity index (χ0) is 19.1. The largest absolute Gasteiger partial charge is 0.497 e. The van der Waals surface area contributed by atoms with Crippen LogP contribution in [0.4, 0.5) is 4.79 Å². The first-order valence-electron chi connectivity index (χ1n) is 9.50. The van der Waals surface area contributed by atoms with Gasteiger partial charge in [0.05, 0.1) is 12.6 Å². The van der Waals surface area contributed by atoms with Crippen LogP contribution in [-0.4, -0.2) is 46.5 Å². The van der Waals surface area contributed by atoms with Gasteiger partial charge in [-0.3, -0.25) is 4.90 Å². The lowest BCUT2D eigenvalue weighted by Crippen LogP contribution is -2.57. The van der Waals surface area contributed by atoms with E-state index in [1.807, 2.05) is 12.1 Å². The quantitative estimate of drug-likeness (QED) is 0.850. The van der Waals surface area contributed by atoms with E-state index in [9.17, 15) is 15.0 Å². The molecule has 3 rings (SSSR count). The highest BCUT2D eigenvalue weighted by atomic mass is 16.5. The van der Waals surface area contributed by atoms with E-state index in [2.05, 4.69) is 32.9 Å². The highest BCUT2D eigenvalue weighted by Gasteiger charge is 2.58. The van der Waals surface area contributed by atoms with Gasteiger partial charge in [0, 0.05) is 12.6 Å². The van der Waals surface area contributed by atoms with Crippen molar-refractivity contribution in [3.8, 4) is 5.75 Å². The standard InChI is InChI=1S/C21H31NO4/c1-20(2,3)21-10-9-16(22(21)19(24)25)11-18(15(12-21)13-23)14-5-7-17(26-4)8-6-14/h5-8,15-16,18,23H,9-13H2,1-4H3,(H,24,25). The third-order valence-electron chi connectivity index (χ3n) is 6.79. The highest BCUT2D eigenvalue weighted by molar-refractivity contribution is 5.68. The van der Waals surface area contributed by atoms with E-state index in [0.717, 1.165) is 30.6 Å². The molecular formula is C21H31NO4. The van der Waals surface area contributed by atoms with Gasteiger partial charge in [0.25, 0.3) is 0 Å². The number of benzene rings is 1. The molecule has 4 atom stereocenters.